The number of benzene rings is 1. The first-order chi connectivity index (χ1) is 9.31. The van der Waals surface area contributed by atoms with Gasteiger partial charge in [0.1, 0.15) is 0 Å². The van der Waals surface area contributed by atoms with E-state index >= 15 is 0 Å². The van der Waals surface area contributed by atoms with Crippen molar-refractivity contribution in [1.82, 2.24) is 5.32 Å². The van der Waals surface area contributed by atoms with Gasteiger partial charge in [-0.25, -0.2) is 0 Å². The molecular weight excluding hydrogens is 236 g/mol. The average Bonchev–Trinajstić information content (AvgIpc) is 2.44. The Morgan fingerprint density at radius 2 is 2.16 bits per heavy atom. The van der Waals surface area contributed by atoms with Gasteiger partial charge in [-0.1, -0.05) is 38.0 Å². The molecule has 0 spiro atoms. The average molecular weight is 260 g/mol. The fraction of sp³-hybridized carbons (Fsp3) is 0.562. The Balaban J connectivity index is 1.85. The summed E-state index contributed by atoms with van der Waals surface area (Å²) in [6, 6.07) is 8.42. The number of unbranched alkanes of at least 4 members (excludes halogenated alkanes) is 2. The summed E-state index contributed by atoms with van der Waals surface area (Å²) in [4.78, 5) is 14.1. The Morgan fingerprint density at radius 1 is 1.32 bits per heavy atom. The zero-order valence-electron chi connectivity index (χ0n) is 11.8. The molecule has 0 saturated heterocycles. The van der Waals surface area contributed by atoms with Crippen molar-refractivity contribution in [2.24, 2.45) is 0 Å². The van der Waals surface area contributed by atoms with Gasteiger partial charge in [-0.15, -0.1) is 0 Å². The number of carbonyl (C=O) groups is 1. The Bertz CT molecular complexity index is 417. The molecule has 1 heterocycles. The van der Waals surface area contributed by atoms with Crippen LogP contribution >= 0.6 is 0 Å². The summed E-state index contributed by atoms with van der Waals surface area (Å²) in [6.45, 7) is 4.46. The highest BCUT2D eigenvalue weighted by atomic mass is 16.2. The largest absolute Gasteiger partial charge is 0.362 e. The second-order valence-electron chi connectivity index (χ2n) is 5.21. The number of para-hydroxylation sites is 1. The molecule has 0 saturated carbocycles. The molecule has 2 rings (SSSR count). The lowest BCUT2D eigenvalue weighted by atomic mass is 10.0. The third-order valence-electron chi connectivity index (χ3n) is 3.64. The normalized spacial score (nSPS) is 14.1. The van der Waals surface area contributed by atoms with Gasteiger partial charge in [-0.05, 0) is 30.9 Å². The van der Waals surface area contributed by atoms with Gasteiger partial charge in [-0.3, -0.25) is 4.79 Å². The van der Waals surface area contributed by atoms with Crippen LogP contribution in [0.5, 0.6) is 0 Å². The molecule has 19 heavy (non-hydrogen) atoms. The van der Waals surface area contributed by atoms with Crippen LogP contribution in [-0.4, -0.2) is 25.5 Å². The minimum Gasteiger partial charge on any atom is -0.362 e. The molecule has 0 radical (unpaired) electrons. The van der Waals surface area contributed by atoms with Crippen molar-refractivity contribution in [3.05, 3.63) is 29.8 Å². The first kappa shape index (κ1) is 13.9. The van der Waals surface area contributed by atoms with E-state index in [2.05, 4.69) is 41.4 Å². The number of hydrogen-bond donors (Lipinski definition) is 1. The van der Waals surface area contributed by atoms with Crippen molar-refractivity contribution in [3.8, 4) is 0 Å². The fourth-order valence-electron chi connectivity index (χ4n) is 2.61. The first-order valence-electron chi connectivity index (χ1n) is 7.41. The summed E-state index contributed by atoms with van der Waals surface area (Å²) in [5, 5.41) is 3.01. The molecule has 0 bridgehead atoms. The number of nitrogens with zero attached hydrogens (tertiary/aromatic N) is 1. The second-order valence-corrected chi connectivity index (χ2v) is 5.21. The molecule has 1 N–H and O–H groups in total. The van der Waals surface area contributed by atoms with Gasteiger partial charge in [0, 0.05) is 18.8 Å². The predicted molar refractivity (Wildman–Crippen MR) is 79.5 cm³/mol. The van der Waals surface area contributed by atoms with E-state index in [4.69, 9.17) is 0 Å². The van der Waals surface area contributed by atoms with Crippen LogP contribution in [0.15, 0.2) is 24.3 Å². The van der Waals surface area contributed by atoms with Gasteiger partial charge in [0.05, 0.1) is 6.54 Å². The molecule has 1 aliphatic rings. The molecule has 0 aliphatic carbocycles. The van der Waals surface area contributed by atoms with Crippen LogP contribution in [0.2, 0.25) is 0 Å². The fourth-order valence-corrected chi connectivity index (χ4v) is 2.61. The Hall–Kier alpha value is -1.51. The molecule has 0 unspecified atom stereocenters. The van der Waals surface area contributed by atoms with Crippen molar-refractivity contribution < 1.29 is 4.79 Å². The van der Waals surface area contributed by atoms with Crippen LogP contribution in [-0.2, 0) is 11.2 Å². The number of hydrogen-bond acceptors (Lipinski definition) is 2. The van der Waals surface area contributed by atoms with Gasteiger partial charge in [0.15, 0.2) is 0 Å². The highest BCUT2D eigenvalue weighted by Gasteiger charge is 2.18. The lowest BCUT2D eigenvalue weighted by Crippen LogP contribution is -2.40. The monoisotopic (exact) mass is 260 g/mol. The van der Waals surface area contributed by atoms with Crippen LogP contribution in [0.1, 0.15) is 38.2 Å². The van der Waals surface area contributed by atoms with Crippen LogP contribution in [0.4, 0.5) is 5.69 Å². The van der Waals surface area contributed by atoms with Crippen LogP contribution in [0, 0.1) is 0 Å². The third-order valence-corrected chi connectivity index (χ3v) is 3.64. The van der Waals surface area contributed by atoms with Crippen molar-refractivity contribution in [2.75, 3.05) is 24.5 Å². The highest BCUT2D eigenvalue weighted by Crippen LogP contribution is 2.26. The smallest absolute Gasteiger partial charge is 0.239 e. The molecule has 104 valence electrons. The number of carbonyl (C=O) groups excluding carboxylic acids is 1. The van der Waals surface area contributed by atoms with Gasteiger partial charge in [0.2, 0.25) is 5.91 Å². The van der Waals surface area contributed by atoms with Crippen LogP contribution < -0.4 is 10.2 Å². The molecule has 3 heteroatoms. The zero-order chi connectivity index (χ0) is 13.5. The molecule has 1 amide bonds. The van der Waals surface area contributed by atoms with Gasteiger partial charge < -0.3 is 10.2 Å². The zero-order valence-corrected chi connectivity index (χ0v) is 11.8. The maximum Gasteiger partial charge on any atom is 0.239 e. The summed E-state index contributed by atoms with van der Waals surface area (Å²) < 4.78 is 0. The number of nitrogens with one attached hydrogen (secondary N) is 1. The summed E-state index contributed by atoms with van der Waals surface area (Å²) in [5.41, 5.74) is 2.60. The molecule has 3 nitrogen and oxygen atoms in total. The summed E-state index contributed by atoms with van der Waals surface area (Å²) in [5.74, 6) is 0.146. The number of amides is 1. The molecule has 0 atom stereocenters. The quantitative estimate of drug-likeness (QED) is 0.798. The molecule has 1 aliphatic heterocycles. The van der Waals surface area contributed by atoms with E-state index in [1.54, 1.807) is 0 Å². The maximum absolute atomic E-state index is 11.9. The van der Waals surface area contributed by atoms with E-state index in [9.17, 15) is 4.79 Å². The van der Waals surface area contributed by atoms with Gasteiger partial charge in [0.25, 0.3) is 0 Å². The highest BCUT2D eigenvalue weighted by molar-refractivity contribution is 5.81. The van der Waals surface area contributed by atoms with E-state index < -0.39 is 0 Å². The Kier molecular flexibility index (Phi) is 5.25. The molecule has 1 aromatic rings. The van der Waals surface area contributed by atoms with Crippen molar-refractivity contribution in [2.45, 2.75) is 39.0 Å². The Labute approximate surface area is 116 Å². The number of aryl methyl sites for hydroxylation is 1. The summed E-state index contributed by atoms with van der Waals surface area (Å²) in [7, 11) is 0. The number of fused-ring (bicyclic) bond motifs is 1. The van der Waals surface area contributed by atoms with Crippen molar-refractivity contribution >= 4 is 11.6 Å². The van der Waals surface area contributed by atoms with Gasteiger partial charge >= 0.3 is 0 Å². The topological polar surface area (TPSA) is 32.3 Å². The molecule has 0 fully saturated rings. The summed E-state index contributed by atoms with van der Waals surface area (Å²) >= 11 is 0. The lowest BCUT2D eigenvalue weighted by Gasteiger charge is -2.30. The van der Waals surface area contributed by atoms with E-state index in [1.165, 1.54) is 24.1 Å². The van der Waals surface area contributed by atoms with Crippen molar-refractivity contribution in [1.29, 1.82) is 0 Å². The van der Waals surface area contributed by atoms with E-state index in [0.29, 0.717) is 6.54 Å². The molecule has 0 aromatic heterocycles. The first-order valence-corrected chi connectivity index (χ1v) is 7.41. The standard InChI is InChI=1S/C16H24N2O/c1-2-3-6-11-17-16(19)13-18-12-7-9-14-8-4-5-10-15(14)18/h4-5,8,10H,2-3,6-7,9,11-13H2,1H3,(H,17,19). The van der Waals surface area contributed by atoms with Crippen LogP contribution in [0.3, 0.4) is 0 Å². The number of anilines is 1. The lowest BCUT2D eigenvalue weighted by molar-refractivity contribution is -0.119. The van der Waals surface area contributed by atoms with E-state index in [-0.39, 0.29) is 5.91 Å². The predicted octanol–water partition coefficient (Wildman–Crippen LogP) is 2.75. The minimum absolute atomic E-state index is 0.146. The molecular formula is C16H24N2O. The van der Waals surface area contributed by atoms with Gasteiger partial charge in [-0.2, -0.15) is 0 Å². The summed E-state index contributed by atoms with van der Waals surface area (Å²) in [6.07, 6.45) is 5.73. The molecule has 1 aromatic carbocycles. The Morgan fingerprint density at radius 3 is 3.00 bits per heavy atom. The third kappa shape index (κ3) is 3.98. The SMILES string of the molecule is CCCCCNC(=O)CN1CCCc2ccccc21. The van der Waals surface area contributed by atoms with E-state index in [0.717, 1.165) is 32.4 Å². The minimum atomic E-state index is 0.146. The van der Waals surface area contributed by atoms with E-state index in [1.807, 2.05) is 0 Å². The second kappa shape index (κ2) is 7.17. The van der Waals surface area contributed by atoms with Crippen molar-refractivity contribution in [3.63, 3.8) is 0 Å². The number of rotatable bonds is 6. The maximum atomic E-state index is 11.9. The van der Waals surface area contributed by atoms with Crippen LogP contribution in [0.25, 0.3) is 0 Å².